The highest BCUT2D eigenvalue weighted by molar-refractivity contribution is 5.92. The number of halogens is 1. The lowest BCUT2D eigenvalue weighted by atomic mass is 10.0. The lowest BCUT2D eigenvalue weighted by molar-refractivity contribution is 0.423. The van der Waals surface area contributed by atoms with Crippen LogP contribution in [0.3, 0.4) is 0 Å². The van der Waals surface area contributed by atoms with Gasteiger partial charge in [-0.25, -0.2) is 9.07 Å². The Labute approximate surface area is 168 Å². The molecule has 0 fully saturated rings. The van der Waals surface area contributed by atoms with E-state index < -0.39 is 6.30 Å². The summed E-state index contributed by atoms with van der Waals surface area (Å²) < 4.78 is 15.6. The minimum atomic E-state index is -1.75. The van der Waals surface area contributed by atoms with Gasteiger partial charge in [0.15, 0.2) is 6.30 Å². The van der Waals surface area contributed by atoms with Crippen molar-refractivity contribution in [1.82, 2.24) is 9.78 Å². The molecule has 6 heteroatoms. The number of rotatable bonds is 5. The van der Waals surface area contributed by atoms with Crippen molar-refractivity contribution in [1.29, 1.82) is 5.26 Å². The van der Waals surface area contributed by atoms with Gasteiger partial charge in [-0.2, -0.15) is 10.4 Å². The van der Waals surface area contributed by atoms with Crippen LogP contribution < -0.4 is 11.3 Å². The van der Waals surface area contributed by atoms with E-state index in [1.807, 2.05) is 13.8 Å². The van der Waals surface area contributed by atoms with Crippen molar-refractivity contribution in [2.24, 2.45) is 5.73 Å². The van der Waals surface area contributed by atoms with Gasteiger partial charge < -0.3 is 0 Å². The average Bonchev–Trinajstić information content (AvgIpc) is 2.71. The third-order valence-electron chi connectivity index (χ3n) is 4.45. The highest BCUT2D eigenvalue weighted by atomic mass is 19.1. The van der Waals surface area contributed by atoms with Gasteiger partial charge in [-0.3, -0.25) is 10.5 Å². The van der Waals surface area contributed by atoms with Gasteiger partial charge >= 0.3 is 0 Å². The topological polar surface area (TPSA) is 84.7 Å². The second-order valence-electron chi connectivity index (χ2n) is 6.93. The van der Waals surface area contributed by atoms with Gasteiger partial charge in [-0.05, 0) is 37.6 Å². The fourth-order valence-corrected chi connectivity index (χ4v) is 2.97. The van der Waals surface area contributed by atoms with E-state index in [-0.39, 0.29) is 17.7 Å². The highest BCUT2D eigenvalue weighted by Crippen LogP contribution is 2.24. The number of allylic oxidation sites excluding steroid dienone is 3. The number of benzene rings is 2. The van der Waals surface area contributed by atoms with Crippen molar-refractivity contribution in [3.05, 3.63) is 93.4 Å². The van der Waals surface area contributed by atoms with Gasteiger partial charge in [-0.15, -0.1) is 0 Å². The molecular formula is C23H21FN4O. The maximum absolute atomic E-state index is 14.3. The molecule has 0 saturated heterocycles. The van der Waals surface area contributed by atoms with E-state index in [0.717, 1.165) is 11.1 Å². The van der Waals surface area contributed by atoms with Crippen LogP contribution in [0, 0.1) is 11.3 Å². The largest absolute Gasteiger partial charge is 0.298 e. The molecule has 1 atom stereocenters. The monoisotopic (exact) mass is 388 g/mol. The van der Waals surface area contributed by atoms with E-state index in [9.17, 15) is 9.18 Å². The smallest absolute Gasteiger partial charge is 0.274 e. The number of fused-ring (bicyclic) bond motifs is 1. The first kappa shape index (κ1) is 20.2. The third-order valence-corrected chi connectivity index (χ3v) is 4.45. The molecule has 0 aliphatic rings. The number of aromatic nitrogens is 2. The van der Waals surface area contributed by atoms with Crippen LogP contribution in [0.5, 0.6) is 0 Å². The molecule has 0 radical (unpaired) electrons. The molecule has 0 aliphatic carbocycles. The van der Waals surface area contributed by atoms with Crippen LogP contribution in [-0.2, 0) is 6.54 Å². The summed E-state index contributed by atoms with van der Waals surface area (Å²) in [5.41, 5.74) is 8.18. The number of nitrogens with zero attached hydrogens (tertiary/aromatic N) is 3. The Hall–Kier alpha value is -3.56. The molecule has 0 saturated carbocycles. The fraction of sp³-hybridized carbons (Fsp3) is 0.174. The van der Waals surface area contributed by atoms with Gasteiger partial charge in [0, 0.05) is 11.0 Å². The Morgan fingerprint density at radius 2 is 1.83 bits per heavy atom. The van der Waals surface area contributed by atoms with Gasteiger partial charge in [0.1, 0.15) is 0 Å². The van der Waals surface area contributed by atoms with Crippen LogP contribution >= 0.6 is 0 Å². The minimum absolute atomic E-state index is 0.194. The maximum Gasteiger partial charge on any atom is 0.274 e. The molecule has 0 amide bonds. The van der Waals surface area contributed by atoms with Crippen molar-refractivity contribution in [2.75, 3.05) is 0 Å². The summed E-state index contributed by atoms with van der Waals surface area (Å²) in [6, 6.07) is 15.9. The first-order chi connectivity index (χ1) is 13.9. The van der Waals surface area contributed by atoms with E-state index >= 15 is 0 Å². The molecule has 2 N–H and O–H groups in total. The Morgan fingerprint density at radius 3 is 2.41 bits per heavy atom. The van der Waals surface area contributed by atoms with Crippen molar-refractivity contribution in [3.63, 3.8) is 0 Å². The second-order valence-corrected chi connectivity index (χ2v) is 6.93. The van der Waals surface area contributed by atoms with E-state index in [1.165, 1.54) is 4.68 Å². The third kappa shape index (κ3) is 4.48. The molecule has 1 aromatic heterocycles. The molecule has 29 heavy (non-hydrogen) atoms. The Kier molecular flexibility index (Phi) is 6.01. The molecule has 0 bridgehead atoms. The van der Waals surface area contributed by atoms with Crippen LogP contribution in [-0.4, -0.2) is 16.1 Å². The first-order valence-corrected chi connectivity index (χ1v) is 9.14. The number of hydrogen-bond donors (Lipinski definition) is 1. The highest BCUT2D eigenvalue weighted by Gasteiger charge is 2.18. The average molecular weight is 388 g/mol. The zero-order chi connectivity index (χ0) is 21.0. The molecular weight excluding hydrogens is 367 g/mol. The number of nitriles is 1. The zero-order valence-electron chi connectivity index (χ0n) is 16.3. The SMILES string of the molecule is CC(C)=C/C=C(/c1nn(Cc2ccc(C#N)cc2)c(=O)c2ccccc12)[C@H](N)F. The van der Waals surface area contributed by atoms with Crippen molar-refractivity contribution in [3.8, 4) is 6.07 Å². The molecule has 1 heterocycles. The summed E-state index contributed by atoms with van der Waals surface area (Å²) in [6.45, 7) is 3.99. The molecule has 146 valence electrons. The number of alkyl halides is 1. The lowest BCUT2D eigenvalue weighted by Crippen LogP contribution is -2.27. The summed E-state index contributed by atoms with van der Waals surface area (Å²) in [7, 11) is 0. The first-order valence-electron chi connectivity index (χ1n) is 9.14. The predicted molar refractivity (Wildman–Crippen MR) is 113 cm³/mol. The molecule has 0 spiro atoms. The standard InChI is InChI=1S/C23H21FN4O/c1-15(2)7-12-20(22(24)26)21-18-5-3-4-6-19(18)23(29)28(27-21)14-17-10-8-16(13-25)9-11-17/h3-12,22H,14,26H2,1-2H3/b20-12-/t22-/m0/s1. The van der Waals surface area contributed by atoms with Gasteiger partial charge in [0.2, 0.25) is 0 Å². The van der Waals surface area contributed by atoms with Gasteiger partial charge in [0.05, 0.1) is 29.3 Å². The molecule has 3 aromatic rings. The maximum atomic E-state index is 14.3. The molecule has 3 rings (SSSR count). The van der Waals surface area contributed by atoms with Gasteiger partial charge in [-0.1, -0.05) is 48.1 Å². The minimum Gasteiger partial charge on any atom is -0.298 e. The number of hydrogen-bond acceptors (Lipinski definition) is 4. The molecule has 5 nitrogen and oxygen atoms in total. The second kappa shape index (κ2) is 8.63. The molecule has 0 unspecified atom stereocenters. The van der Waals surface area contributed by atoms with Crippen LogP contribution in [0.15, 0.2) is 71.1 Å². The quantitative estimate of drug-likeness (QED) is 0.530. The summed E-state index contributed by atoms with van der Waals surface area (Å²) in [4.78, 5) is 13.0. The van der Waals surface area contributed by atoms with E-state index in [2.05, 4.69) is 11.2 Å². The predicted octanol–water partition coefficient (Wildman–Crippen LogP) is 3.92. The zero-order valence-corrected chi connectivity index (χ0v) is 16.3. The Morgan fingerprint density at radius 1 is 1.17 bits per heavy atom. The van der Waals surface area contributed by atoms with Crippen LogP contribution in [0.1, 0.15) is 30.7 Å². The Balaban J connectivity index is 2.20. The fourth-order valence-electron chi connectivity index (χ4n) is 2.97. The Bertz CT molecular complexity index is 1190. The van der Waals surface area contributed by atoms with E-state index in [0.29, 0.717) is 22.0 Å². The molecule has 0 aliphatic heterocycles. The van der Waals surface area contributed by atoms with E-state index in [1.54, 1.807) is 60.7 Å². The van der Waals surface area contributed by atoms with E-state index in [4.69, 9.17) is 11.0 Å². The summed E-state index contributed by atoms with van der Waals surface area (Å²) in [5, 5.41) is 14.4. The van der Waals surface area contributed by atoms with Crippen molar-refractivity contribution < 1.29 is 4.39 Å². The normalized spacial score (nSPS) is 12.4. The van der Waals surface area contributed by atoms with Gasteiger partial charge in [0.25, 0.3) is 5.56 Å². The summed E-state index contributed by atoms with van der Waals surface area (Å²) >= 11 is 0. The summed E-state index contributed by atoms with van der Waals surface area (Å²) in [5.74, 6) is 0. The van der Waals surface area contributed by atoms with Crippen LogP contribution in [0.2, 0.25) is 0 Å². The van der Waals surface area contributed by atoms with Crippen molar-refractivity contribution in [2.45, 2.75) is 26.7 Å². The molecule has 2 aromatic carbocycles. The summed E-state index contributed by atoms with van der Waals surface area (Å²) in [6.07, 6.45) is 1.62. The van der Waals surface area contributed by atoms with Crippen LogP contribution in [0.4, 0.5) is 4.39 Å². The lowest BCUT2D eigenvalue weighted by Gasteiger charge is -2.14. The number of nitrogens with two attached hydrogens (primary N) is 1. The van der Waals surface area contributed by atoms with Crippen molar-refractivity contribution >= 4 is 16.3 Å². The van der Waals surface area contributed by atoms with Crippen LogP contribution in [0.25, 0.3) is 16.3 Å².